The molecule has 4 N–H and O–H groups in total. The monoisotopic (exact) mass is 421 g/mol. The van der Waals surface area contributed by atoms with E-state index in [0.717, 1.165) is 39.8 Å². The van der Waals surface area contributed by atoms with Crippen LogP contribution in [0.5, 0.6) is 0 Å². The van der Waals surface area contributed by atoms with E-state index in [9.17, 15) is 0 Å². The summed E-state index contributed by atoms with van der Waals surface area (Å²) >= 11 is 3.42. The molecule has 0 spiro atoms. The molecule has 0 amide bonds. The van der Waals surface area contributed by atoms with Crippen molar-refractivity contribution in [3.8, 4) is 11.1 Å². The molecule has 3 nitrogen and oxygen atoms in total. The Morgan fingerprint density at radius 1 is 0.704 bits per heavy atom. The van der Waals surface area contributed by atoms with Gasteiger partial charge in [-0.2, -0.15) is 0 Å². The van der Waals surface area contributed by atoms with Gasteiger partial charge in [-0.3, -0.25) is 4.98 Å². The summed E-state index contributed by atoms with van der Waals surface area (Å²) in [7, 11) is 0. The third kappa shape index (κ3) is 3.59. The molecule has 0 saturated heterocycles. The molecule has 0 fully saturated rings. The minimum Gasteiger partial charge on any atom is -0.398 e. The second-order valence-corrected chi connectivity index (χ2v) is 8.06. The van der Waals surface area contributed by atoms with Crippen LogP contribution in [0.4, 0.5) is 11.4 Å². The Morgan fingerprint density at radius 3 is 1.96 bits per heavy atom. The van der Waals surface area contributed by atoms with E-state index in [1.807, 2.05) is 30.6 Å². The predicted molar refractivity (Wildman–Crippen MR) is 117 cm³/mol. The molecule has 27 heavy (non-hydrogen) atoms. The fourth-order valence-corrected chi connectivity index (χ4v) is 4.52. The van der Waals surface area contributed by atoms with Gasteiger partial charge in [0.2, 0.25) is 0 Å². The van der Waals surface area contributed by atoms with Gasteiger partial charge in [-0.05, 0) is 100 Å². The van der Waals surface area contributed by atoms with Crippen molar-refractivity contribution in [2.24, 2.45) is 0 Å². The standard InChI is InChI=1S/C14H14N2.C9H10BrN/c15-14-12-3-1-2-10(12)4-5-13(14)11-6-8-16-9-7-11;10-8-5-4-6-2-1-3-7(6)9(8)11/h4-9H,1-3,15H2;4-5H,1-3,11H2. The molecule has 0 aliphatic heterocycles. The van der Waals surface area contributed by atoms with Crippen LogP contribution in [-0.2, 0) is 25.7 Å². The number of hydrogen-bond donors (Lipinski definition) is 2. The second-order valence-electron chi connectivity index (χ2n) is 7.21. The molecule has 2 aromatic carbocycles. The number of aryl methyl sites for hydroxylation is 2. The molecule has 0 unspecified atom stereocenters. The lowest BCUT2D eigenvalue weighted by Gasteiger charge is -2.10. The summed E-state index contributed by atoms with van der Waals surface area (Å²) in [6, 6.07) is 12.6. The van der Waals surface area contributed by atoms with Crippen molar-refractivity contribution in [1.29, 1.82) is 0 Å². The minimum absolute atomic E-state index is 0.944. The zero-order valence-corrected chi connectivity index (χ0v) is 16.9. The zero-order valence-electron chi connectivity index (χ0n) is 15.3. The topological polar surface area (TPSA) is 64.9 Å². The van der Waals surface area contributed by atoms with E-state index in [1.54, 1.807) is 0 Å². The average molecular weight is 422 g/mol. The maximum absolute atomic E-state index is 6.25. The van der Waals surface area contributed by atoms with E-state index in [0.29, 0.717) is 0 Å². The van der Waals surface area contributed by atoms with Crippen molar-refractivity contribution in [1.82, 2.24) is 4.98 Å². The van der Waals surface area contributed by atoms with E-state index < -0.39 is 0 Å². The van der Waals surface area contributed by atoms with Crippen LogP contribution in [0.25, 0.3) is 11.1 Å². The van der Waals surface area contributed by atoms with Gasteiger partial charge in [0.05, 0.1) is 0 Å². The Kier molecular flexibility index (Phi) is 5.17. The summed E-state index contributed by atoms with van der Waals surface area (Å²) < 4.78 is 1.04. The highest BCUT2D eigenvalue weighted by atomic mass is 79.9. The highest BCUT2D eigenvalue weighted by molar-refractivity contribution is 9.10. The molecular weight excluding hydrogens is 398 g/mol. The van der Waals surface area contributed by atoms with Crippen molar-refractivity contribution in [3.05, 3.63) is 75.5 Å². The van der Waals surface area contributed by atoms with E-state index in [2.05, 4.69) is 39.1 Å². The Bertz CT molecular complexity index is 967. The van der Waals surface area contributed by atoms with Crippen molar-refractivity contribution in [2.45, 2.75) is 38.5 Å². The first-order valence-electron chi connectivity index (χ1n) is 9.51. The summed E-state index contributed by atoms with van der Waals surface area (Å²) in [6.45, 7) is 0. The van der Waals surface area contributed by atoms with Gasteiger partial charge in [0, 0.05) is 33.8 Å². The van der Waals surface area contributed by atoms with Gasteiger partial charge in [-0.1, -0.05) is 18.2 Å². The SMILES string of the molecule is Nc1c(-c2ccncc2)ccc2c1CCC2.Nc1c(Br)ccc2c1CCC2. The Hall–Kier alpha value is -2.33. The van der Waals surface area contributed by atoms with Crippen molar-refractivity contribution >= 4 is 27.3 Å². The van der Waals surface area contributed by atoms with Crippen LogP contribution in [0.15, 0.2) is 53.3 Å². The molecule has 4 heteroatoms. The summed E-state index contributed by atoms with van der Waals surface area (Å²) in [5, 5.41) is 0. The summed E-state index contributed by atoms with van der Waals surface area (Å²) in [5.41, 5.74) is 21.9. The Balaban J connectivity index is 0.000000143. The number of rotatable bonds is 1. The van der Waals surface area contributed by atoms with Crippen LogP contribution >= 0.6 is 15.9 Å². The van der Waals surface area contributed by atoms with Crippen LogP contribution in [0.3, 0.4) is 0 Å². The lowest BCUT2D eigenvalue weighted by Crippen LogP contribution is -1.96. The number of halogens is 1. The molecule has 1 aromatic heterocycles. The first-order valence-corrected chi connectivity index (χ1v) is 10.3. The summed E-state index contributed by atoms with van der Waals surface area (Å²) in [6.07, 6.45) is 10.8. The highest BCUT2D eigenvalue weighted by Gasteiger charge is 2.16. The van der Waals surface area contributed by atoms with Gasteiger partial charge in [-0.25, -0.2) is 0 Å². The molecule has 5 rings (SSSR count). The van der Waals surface area contributed by atoms with Crippen LogP contribution in [0, 0.1) is 0 Å². The number of anilines is 2. The molecule has 1 heterocycles. The largest absolute Gasteiger partial charge is 0.398 e. The fraction of sp³-hybridized carbons (Fsp3) is 0.261. The van der Waals surface area contributed by atoms with Gasteiger partial charge in [0.15, 0.2) is 0 Å². The summed E-state index contributed by atoms with van der Waals surface area (Å²) in [4.78, 5) is 4.03. The molecule has 0 bridgehead atoms. The molecule has 3 aromatic rings. The maximum Gasteiger partial charge on any atom is 0.0493 e. The number of fused-ring (bicyclic) bond motifs is 2. The van der Waals surface area contributed by atoms with E-state index >= 15 is 0 Å². The third-order valence-electron chi connectivity index (χ3n) is 5.59. The Labute approximate surface area is 168 Å². The molecule has 2 aliphatic rings. The molecule has 0 radical (unpaired) electrons. The maximum atomic E-state index is 6.25. The van der Waals surface area contributed by atoms with Crippen molar-refractivity contribution in [2.75, 3.05) is 11.5 Å². The van der Waals surface area contributed by atoms with E-state index in [-0.39, 0.29) is 0 Å². The number of nitrogen functional groups attached to an aromatic ring is 2. The second kappa shape index (κ2) is 7.73. The Morgan fingerprint density at radius 2 is 1.30 bits per heavy atom. The normalized spacial score (nSPS) is 14.3. The third-order valence-corrected chi connectivity index (χ3v) is 6.28. The van der Waals surface area contributed by atoms with Crippen molar-refractivity contribution in [3.63, 3.8) is 0 Å². The lowest BCUT2D eigenvalue weighted by atomic mass is 9.98. The molecule has 0 atom stereocenters. The number of pyridine rings is 1. The minimum atomic E-state index is 0.944. The number of nitrogens with two attached hydrogens (primary N) is 2. The van der Waals surface area contributed by atoms with Gasteiger partial charge in [-0.15, -0.1) is 0 Å². The quantitative estimate of drug-likeness (QED) is 0.521. The lowest BCUT2D eigenvalue weighted by molar-refractivity contribution is 0.912. The van der Waals surface area contributed by atoms with Crippen LogP contribution in [0.1, 0.15) is 35.1 Å². The predicted octanol–water partition coefficient (Wildman–Crippen LogP) is 5.34. The molecular formula is C23H24BrN3. The molecule has 138 valence electrons. The average Bonchev–Trinajstić information content (AvgIpc) is 3.36. The fourth-order valence-electron chi connectivity index (χ4n) is 4.14. The van der Waals surface area contributed by atoms with Crippen LogP contribution in [-0.4, -0.2) is 4.98 Å². The van der Waals surface area contributed by atoms with E-state index in [1.165, 1.54) is 47.9 Å². The van der Waals surface area contributed by atoms with Crippen LogP contribution in [0.2, 0.25) is 0 Å². The van der Waals surface area contributed by atoms with Crippen LogP contribution < -0.4 is 11.5 Å². The number of nitrogens with zero attached hydrogens (tertiary/aromatic N) is 1. The smallest absolute Gasteiger partial charge is 0.0493 e. The van der Waals surface area contributed by atoms with Gasteiger partial charge in [0.25, 0.3) is 0 Å². The number of benzene rings is 2. The van der Waals surface area contributed by atoms with E-state index in [4.69, 9.17) is 11.5 Å². The van der Waals surface area contributed by atoms with Crippen molar-refractivity contribution < 1.29 is 0 Å². The highest BCUT2D eigenvalue weighted by Crippen LogP contribution is 2.35. The first-order chi connectivity index (χ1) is 13.1. The van der Waals surface area contributed by atoms with Gasteiger partial charge in [0.1, 0.15) is 0 Å². The number of hydrogen-bond acceptors (Lipinski definition) is 3. The number of aromatic nitrogens is 1. The summed E-state index contributed by atoms with van der Waals surface area (Å²) in [5.74, 6) is 0. The first kappa shape index (κ1) is 18.1. The molecule has 2 aliphatic carbocycles. The van der Waals surface area contributed by atoms with Gasteiger partial charge >= 0.3 is 0 Å². The molecule has 0 saturated carbocycles. The zero-order chi connectivity index (χ0) is 18.8. The van der Waals surface area contributed by atoms with Gasteiger partial charge < -0.3 is 11.5 Å².